The van der Waals surface area contributed by atoms with Gasteiger partial charge >= 0.3 is 0 Å². The molecule has 2 rings (SSSR count). The summed E-state index contributed by atoms with van der Waals surface area (Å²) in [5.74, 6) is 0.177. The zero-order valence-electron chi connectivity index (χ0n) is 10.3. The number of rotatable bonds is 4. The maximum absolute atomic E-state index is 12.4. The Balaban J connectivity index is 2.28. The fourth-order valence-electron chi connectivity index (χ4n) is 2.47. The first-order valence-corrected chi connectivity index (χ1v) is 8.36. The summed E-state index contributed by atoms with van der Waals surface area (Å²) in [4.78, 5) is -0.0546. The van der Waals surface area contributed by atoms with Crippen LogP contribution in [0.5, 0.6) is 0 Å². The van der Waals surface area contributed by atoms with Crippen molar-refractivity contribution in [3.05, 3.63) is 28.2 Å². The van der Waals surface area contributed by atoms with E-state index in [1.54, 1.807) is 6.07 Å². The highest BCUT2D eigenvalue weighted by Crippen LogP contribution is 2.31. The predicted molar refractivity (Wildman–Crippen MR) is 77.0 cm³/mol. The molecule has 0 amide bonds. The Morgan fingerprint density at radius 1 is 1.26 bits per heavy atom. The van der Waals surface area contributed by atoms with Gasteiger partial charge in [0.1, 0.15) is 4.90 Å². The minimum Gasteiger partial charge on any atom is -0.330 e. The Kier molecular flexibility index (Phi) is 4.74. The maximum Gasteiger partial charge on any atom is 0.243 e. The van der Waals surface area contributed by atoms with Gasteiger partial charge in [-0.2, -0.15) is 0 Å². The standard InChI is InChI=1S/C12H16Cl2N2O2S/c13-9-4-2-5-10(14)12(9)19(17,18)16-11-6-1-3-8(11)7-15/h2,4-5,8,11,16H,1,3,6-7,15H2/t8-,11+/m0/s1. The molecule has 0 heterocycles. The van der Waals surface area contributed by atoms with E-state index in [1.807, 2.05) is 0 Å². The summed E-state index contributed by atoms with van der Waals surface area (Å²) in [5.41, 5.74) is 5.65. The Labute approximate surface area is 123 Å². The van der Waals surface area contributed by atoms with Crippen molar-refractivity contribution in [2.75, 3.05) is 6.54 Å². The number of halogens is 2. The smallest absolute Gasteiger partial charge is 0.243 e. The quantitative estimate of drug-likeness (QED) is 0.894. The SMILES string of the molecule is NC[C@@H]1CCC[C@H]1NS(=O)(=O)c1c(Cl)cccc1Cl. The van der Waals surface area contributed by atoms with Gasteiger partial charge in [0.25, 0.3) is 0 Å². The normalized spacial score (nSPS) is 23.7. The third-order valence-corrected chi connectivity index (χ3v) is 5.90. The molecule has 106 valence electrons. The maximum atomic E-state index is 12.4. The lowest BCUT2D eigenvalue weighted by atomic mass is 10.1. The second-order valence-corrected chi connectivity index (χ2v) is 7.17. The average molecular weight is 323 g/mol. The van der Waals surface area contributed by atoms with Crippen LogP contribution in [0.1, 0.15) is 19.3 Å². The molecule has 0 aliphatic heterocycles. The molecule has 19 heavy (non-hydrogen) atoms. The van der Waals surface area contributed by atoms with Crippen LogP contribution in [0.15, 0.2) is 23.1 Å². The zero-order valence-corrected chi connectivity index (χ0v) is 12.6. The molecule has 1 aromatic rings. The van der Waals surface area contributed by atoms with Gasteiger partial charge in [0.15, 0.2) is 0 Å². The lowest BCUT2D eigenvalue weighted by molar-refractivity contribution is 0.453. The van der Waals surface area contributed by atoms with Crippen LogP contribution in [-0.2, 0) is 10.0 Å². The molecular weight excluding hydrogens is 307 g/mol. The molecule has 0 saturated heterocycles. The first-order chi connectivity index (χ1) is 8.95. The van der Waals surface area contributed by atoms with Crippen LogP contribution in [-0.4, -0.2) is 21.0 Å². The van der Waals surface area contributed by atoms with Crippen molar-refractivity contribution < 1.29 is 8.42 Å². The highest BCUT2D eigenvalue weighted by molar-refractivity contribution is 7.89. The molecule has 1 aromatic carbocycles. The second-order valence-electron chi connectivity index (χ2n) is 4.71. The van der Waals surface area contributed by atoms with Gasteiger partial charge in [0.2, 0.25) is 10.0 Å². The van der Waals surface area contributed by atoms with Gasteiger partial charge in [0, 0.05) is 6.04 Å². The summed E-state index contributed by atoms with van der Waals surface area (Å²) in [6.07, 6.45) is 2.72. The third kappa shape index (κ3) is 3.23. The topological polar surface area (TPSA) is 72.2 Å². The van der Waals surface area contributed by atoms with Crippen molar-refractivity contribution in [2.45, 2.75) is 30.2 Å². The van der Waals surface area contributed by atoms with Crippen LogP contribution in [0.3, 0.4) is 0 Å². The van der Waals surface area contributed by atoms with Gasteiger partial charge in [-0.15, -0.1) is 0 Å². The molecule has 3 N–H and O–H groups in total. The van der Waals surface area contributed by atoms with Crippen molar-refractivity contribution in [2.24, 2.45) is 11.7 Å². The molecule has 1 saturated carbocycles. The molecule has 1 aliphatic carbocycles. The van der Waals surface area contributed by atoms with Gasteiger partial charge in [-0.25, -0.2) is 13.1 Å². The summed E-state index contributed by atoms with van der Waals surface area (Å²) >= 11 is 11.9. The summed E-state index contributed by atoms with van der Waals surface area (Å²) in [6, 6.07) is 4.50. The highest BCUT2D eigenvalue weighted by atomic mass is 35.5. The van der Waals surface area contributed by atoms with Crippen LogP contribution in [0, 0.1) is 5.92 Å². The minimum absolute atomic E-state index is 0.0546. The molecule has 0 unspecified atom stereocenters. The second kappa shape index (κ2) is 5.97. The van der Waals surface area contributed by atoms with E-state index < -0.39 is 10.0 Å². The third-order valence-electron chi connectivity index (χ3n) is 3.46. The minimum atomic E-state index is -3.72. The van der Waals surface area contributed by atoms with E-state index in [-0.39, 0.29) is 26.9 Å². The van der Waals surface area contributed by atoms with E-state index in [1.165, 1.54) is 12.1 Å². The Morgan fingerprint density at radius 3 is 2.47 bits per heavy atom. The number of nitrogens with two attached hydrogens (primary N) is 1. The van der Waals surface area contributed by atoms with Crippen LogP contribution in [0.2, 0.25) is 10.0 Å². The van der Waals surface area contributed by atoms with E-state index >= 15 is 0 Å². The molecule has 7 heteroatoms. The first kappa shape index (κ1) is 15.1. The molecule has 0 radical (unpaired) electrons. The van der Waals surface area contributed by atoms with Crippen LogP contribution in [0.25, 0.3) is 0 Å². The molecule has 1 aliphatic rings. The lowest BCUT2D eigenvalue weighted by Gasteiger charge is -2.20. The molecule has 0 spiro atoms. The fraction of sp³-hybridized carbons (Fsp3) is 0.500. The number of nitrogens with one attached hydrogen (secondary N) is 1. The van der Waals surface area contributed by atoms with Crippen LogP contribution < -0.4 is 10.5 Å². The predicted octanol–water partition coefficient (Wildman–Crippen LogP) is 2.40. The van der Waals surface area contributed by atoms with Gasteiger partial charge < -0.3 is 5.73 Å². The van der Waals surface area contributed by atoms with E-state index in [9.17, 15) is 8.42 Å². The van der Waals surface area contributed by atoms with E-state index in [2.05, 4.69) is 4.72 Å². The number of benzene rings is 1. The highest BCUT2D eigenvalue weighted by Gasteiger charge is 2.32. The van der Waals surface area contributed by atoms with Gasteiger partial charge in [0.05, 0.1) is 10.0 Å². The van der Waals surface area contributed by atoms with E-state index in [0.717, 1.165) is 19.3 Å². The molecule has 4 nitrogen and oxygen atoms in total. The fourth-order valence-corrected chi connectivity index (χ4v) is 4.95. The van der Waals surface area contributed by atoms with Crippen LogP contribution >= 0.6 is 23.2 Å². The van der Waals surface area contributed by atoms with Gasteiger partial charge in [-0.3, -0.25) is 0 Å². The van der Waals surface area contributed by atoms with Crippen molar-refractivity contribution >= 4 is 33.2 Å². The Hall–Kier alpha value is -0.330. The molecular formula is C12H16Cl2N2O2S. The largest absolute Gasteiger partial charge is 0.330 e. The van der Waals surface area contributed by atoms with Crippen molar-refractivity contribution in [1.82, 2.24) is 4.72 Å². The monoisotopic (exact) mass is 322 g/mol. The van der Waals surface area contributed by atoms with E-state index in [0.29, 0.717) is 6.54 Å². The first-order valence-electron chi connectivity index (χ1n) is 6.12. The van der Waals surface area contributed by atoms with Gasteiger partial charge in [-0.05, 0) is 37.4 Å². The van der Waals surface area contributed by atoms with E-state index in [4.69, 9.17) is 28.9 Å². The summed E-state index contributed by atoms with van der Waals surface area (Å²) in [6.45, 7) is 0.476. The van der Waals surface area contributed by atoms with Crippen molar-refractivity contribution in [3.63, 3.8) is 0 Å². The van der Waals surface area contributed by atoms with Gasteiger partial charge in [-0.1, -0.05) is 35.7 Å². The average Bonchev–Trinajstić information content (AvgIpc) is 2.74. The van der Waals surface area contributed by atoms with Crippen molar-refractivity contribution in [1.29, 1.82) is 0 Å². The number of hydrogen-bond donors (Lipinski definition) is 2. The van der Waals surface area contributed by atoms with Crippen molar-refractivity contribution in [3.8, 4) is 0 Å². The van der Waals surface area contributed by atoms with Crippen LogP contribution in [0.4, 0.5) is 0 Å². The molecule has 0 bridgehead atoms. The lowest BCUT2D eigenvalue weighted by Crippen LogP contribution is -2.40. The summed E-state index contributed by atoms with van der Waals surface area (Å²) < 4.78 is 27.4. The molecule has 1 fully saturated rings. The Bertz CT molecular complexity index is 543. The Morgan fingerprint density at radius 2 is 1.89 bits per heavy atom. The zero-order chi connectivity index (χ0) is 14.0. The molecule has 0 aromatic heterocycles. The summed E-state index contributed by atoms with van der Waals surface area (Å²) in [7, 11) is -3.72. The molecule has 2 atom stereocenters. The number of sulfonamides is 1. The number of hydrogen-bond acceptors (Lipinski definition) is 3. The summed E-state index contributed by atoms with van der Waals surface area (Å²) in [5, 5.41) is 0.254.